The molecule has 2 aromatic heterocycles. The van der Waals surface area contributed by atoms with Crippen molar-refractivity contribution >= 4 is 10.0 Å². The molecule has 0 amide bonds. The van der Waals surface area contributed by atoms with E-state index in [1.165, 1.54) is 10.5 Å². The molecule has 0 radical (unpaired) electrons. The van der Waals surface area contributed by atoms with Crippen LogP contribution < -0.4 is 5.56 Å². The maximum atomic E-state index is 12.5. The van der Waals surface area contributed by atoms with Crippen LogP contribution >= 0.6 is 0 Å². The van der Waals surface area contributed by atoms with Crippen molar-refractivity contribution < 1.29 is 12.9 Å². The maximum absolute atomic E-state index is 12.5. The first-order valence-corrected chi connectivity index (χ1v) is 10.5. The van der Waals surface area contributed by atoms with Crippen molar-refractivity contribution in [3.63, 3.8) is 0 Å². The molecule has 1 aliphatic carbocycles. The molecule has 0 N–H and O–H groups in total. The molecular weight excluding hydrogens is 356 g/mol. The molecule has 0 saturated carbocycles. The Morgan fingerprint density at radius 3 is 2.69 bits per heavy atom. The molecular formula is C17H22N4O4S. The SMILES string of the molecule is O=c1cc2c(nn1CC1CCN(S(=O)(=O)c3cnoc3)CC1)CCCC2. The van der Waals surface area contributed by atoms with Crippen molar-refractivity contribution in [1.29, 1.82) is 0 Å². The molecule has 0 aromatic carbocycles. The molecule has 26 heavy (non-hydrogen) atoms. The van der Waals surface area contributed by atoms with Gasteiger partial charge in [0.2, 0.25) is 10.0 Å². The van der Waals surface area contributed by atoms with Crippen molar-refractivity contribution in [2.24, 2.45) is 5.92 Å². The van der Waals surface area contributed by atoms with E-state index in [1.807, 2.05) is 0 Å². The quantitative estimate of drug-likeness (QED) is 0.793. The highest BCUT2D eigenvalue weighted by atomic mass is 32.2. The van der Waals surface area contributed by atoms with Gasteiger partial charge in [-0.05, 0) is 50.0 Å². The normalized spacial score (nSPS) is 19.4. The summed E-state index contributed by atoms with van der Waals surface area (Å²) in [5.41, 5.74) is 2.08. The third kappa shape index (κ3) is 3.33. The van der Waals surface area contributed by atoms with Gasteiger partial charge in [-0.1, -0.05) is 5.16 Å². The molecule has 8 nitrogen and oxygen atoms in total. The first-order chi connectivity index (χ1) is 12.5. The van der Waals surface area contributed by atoms with Gasteiger partial charge in [-0.15, -0.1) is 0 Å². The molecule has 2 aliphatic rings. The molecule has 1 fully saturated rings. The molecule has 9 heteroatoms. The standard InChI is InChI=1S/C17H22N4O4S/c22-17-9-14-3-1-2-4-16(14)19-21(17)11-13-5-7-20(8-6-13)26(23,24)15-10-18-25-12-15/h9-10,12-13H,1-8,11H2. The van der Waals surface area contributed by atoms with Gasteiger partial charge < -0.3 is 4.52 Å². The highest BCUT2D eigenvalue weighted by Gasteiger charge is 2.31. The molecule has 1 aliphatic heterocycles. The topological polar surface area (TPSA) is 98.3 Å². The maximum Gasteiger partial charge on any atom is 0.267 e. The average Bonchev–Trinajstić information content (AvgIpc) is 3.18. The van der Waals surface area contributed by atoms with Gasteiger partial charge in [-0.3, -0.25) is 4.79 Å². The Hall–Kier alpha value is -2.00. The smallest absolute Gasteiger partial charge is 0.267 e. The third-order valence-electron chi connectivity index (χ3n) is 5.33. The molecule has 3 heterocycles. The van der Waals surface area contributed by atoms with Crippen LogP contribution in [-0.2, 0) is 29.4 Å². The number of aryl methyl sites for hydroxylation is 2. The first kappa shape index (κ1) is 17.4. The van der Waals surface area contributed by atoms with E-state index in [4.69, 9.17) is 0 Å². The van der Waals surface area contributed by atoms with E-state index >= 15 is 0 Å². The molecule has 4 rings (SSSR count). The number of piperidine rings is 1. The molecule has 2 aromatic rings. The zero-order valence-corrected chi connectivity index (χ0v) is 15.3. The van der Waals surface area contributed by atoms with Crippen LogP contribution in [0, 0.1) is 5.92 Å². The number of sulfonamides is 1. The predicted octanol–water partition coefficient (Wildman–Crippen LogP) is 1.21. The average molecular weight is 378 g/mol. The number of rotatable bonds is 4. The Kier molecular flexibility index (Phi) is 4.66. The van der Waals surface area contributed by atoms with Crippen LogP contribution in [0.25, 0.3) is 0 Å². The van der Waals surface area contributed by atoms with E-state index in [1.54, 1.807) is 10.7 Å². The fourth-order valence-electron chi connectivity index (χ4n) is 3.78. The van der Waals surface area contributed by atoms with Gasteiger partial charge in [0.15, 0.2) is 0 Å². The van der Waals surface area contributed by atoms with Gasteiger partial charge in [-0.25, -0.2) is 13.1 Å². The summed E-state index contributed by atoms with van der Waals surface area (Å²) in [5.74, 6) is 0.246. The van der Waals surface area contributed by atoms with Gasteiger partial charge in [0.25, 0.3) is 5.56 Å². The summed E-state index contributed by atoms with van der Waals surface area (Å²) < 4.78 is 32.6. The number of hydrogen-bond donors (Lipinski definition) is 0. The van der Waals surface area contributed by atoms with Gasteiger partial charge in [0, 0.05) is 25.7 Å². The molecule has 0 spiro atoms. The van der Waals surface area contributed by atoms with E-state index < -0.39 is 10.0 Å². The lowest BCUT2D eigenvalue weighted by Crippen LogP contribution is -2.40. The lowest BCUT2D eigenvalue weighted by Gasteiger charge is -2.30. The fraction of sp³-hybridized carbons (Fsp3) is 0.588. The van der Waals surface area contributed by atoms with Gasteiger partial charge >= 0.3 is 0 Å². The molecule has 140 valence electrons. The zero-order chi connectivity index (χ0) is 18.1. The second-order valence-corrected chi connectivity index (χ2v) is 8.99. The Morgan fingerprint density at radius 1 is 1.19 bits per heavy atom. The van der Waals surface area contributed by atoms with Crippen LogP contribution in [0.1, 0.15) is 36.9 Å². The van der Waals surface area contributed by atoms with E-state index in [0.717, 1.165) is 43.2 Å². The van der Waals surface area contributed by atoms with Crippen LogP contribution in [0.4, 0.5) is 0 Å². The monoisotopic (exact) mass is 378 g/mol. The van der Waals surface area contributed by atoms with E-state index in [0.29, 0.717) is 32.5 Å². The second-order valence-electron chi connectivity index (χ2n) is 7.05. The zero-order valence-electron chi connectivity index (χ0n) is 14.5. The molecule has 0 atom stereocenters. The van der Waals surface area contributed by atoms with Gasteiger partial charge in [0.1, 0.15) is 11.2 Å². The minimum Gasteiger partial charge on any atom is -0.363 e. The van der Waals surface area contributed by atoms with Crippen LogP contribution in [0.2, 0.25) is 0 Å². The minimum atomic E-state index is -3.54. The van der Waals surface area contributed by atoms with Crippen LogP contribution in [0.15, 0.2) is 32.7 Å². The Bertz CT molecular complexity index is 928. The Balaban J connectivity index is 1.42. The summed E-state index contributed by atoms with van der Waals surface area (Å²) in [4.78, 5) is 12.4. The van der Waals surface area contributed by atoms with Crippen molar-refractivity contribution in [3.05, 3.63) is 40.1 Å². The summed E-state index contributed by atoms with van der Waals surface area (Å²) in [7, 11) is -3.54. The largest absolute Gasteiger partial charge is 0.363 e. The number of aromatic nitrogens is 3. The highest BCUT2D eigenvalue weighted by Crippen LogP contribution is 2.24. The first-order valence-electron chi connectivity index (χ1n) is 9.03. The lowest BCUT2D eigenvalue weighted by molar-refractivity contribution is 0.243. The lowest BCUT2D eigenvalue weighted by atomic mass is 9.96. The minimum absolute atomic E-state index is 0.0508. The number of fused-ring (bicyclic) bond motifs is 1. The molecule has 0 bridgehead atoms. The summed E-state index contributed by atoms with van der Waals surface area (Å²) in [6.07, 6.45) is 7.90. The van der Waals surface area contributed by atoms with Crippen LogP contribution in [0.5, 0.6) is 0 Å². The molecule has 0 unspecified atom stereocenters. The van der Waals surface area contributed by atoms with E-state index in [-0.39, 0.29) is 16.4 Å². The molecule has 1 saturated heterocycles. The number of hydrogen-bond acceptors (Lipinski definition) is 6. The summed E-state index contributed by atoms with van der Waals surface area (Å²) >= 11 is 0. The summed E-state index contributed by atoms with van der Waals surface area (Å²) in [6, 6.07) is 1.73. The highest BCUT2D eigenvalue weighted by molar-refractivity contribution is 7.89. The fourth-order valence-corrected chi connectivity index (χ4v) is 5.11. The van der Waals surface area contributed by atoms with Crippen molar-refractivity contribution in [2.45, 2.75) is 50.0 Å². The van der Waals surface area contributed by atoms with Gasteiger partial charge in [0.05, 0.1) is 11.9 Å². The van der Waals surface area contributed by atoms with E-state index in [9.17, 15) is 13.2 Å². The Morgan fingerprint density at radius 2 is 1.96 bits per heavy atom. The third-order valence-corrected chi connectivity index (χ3v) is 7.17. The van der Waals surface area contributed by atoms with Gasteiger partial charge in [-0.2, -0.15) is 9.40 Å². The second kappa shape index (κ2) is 6.96. The number of nitrogens with zero attached hydrogens (tertiary/aromatic N) is 4. The van der Waals surface area contributed by atoms with Crippen molar-refractivity contribution in [2.75, 3.05) is 13.1 Å². The Labute approximate surface area is 151 Å². The predicted molar refractivity (Wildman–Crippen MR) is 93.1 cm³/mol. The van der Waals surface area contributed by atoms with Crippen molar-refractivity contribution in [3.8, 4) is 0 Å². The summed E-state index contributed by atoms with van der Waals surface area (Å²) in [6.45, 7) is 1.41. The van der Waals surface area contributed by atoms with Crippen LogP contribution in [-0.4, -0.2) is 40.7 Å². The van der Waals surface area contributed by atoms with E-state index in [2.05, 4.69) is 14.8 Å². The van der Waals surface area contributed by atoms with Crippen molar-refractivity contribution in [1.82, 2.24) is 19.2 Å². The summed E-state index contributed by atoms with van der Waals surface area (Å²) in [5, 5.41) is 8.04. The van der Waals surface area contributed by atoms with Crippen LogP contribution in [0.3, 0.4) is 0 Å².